The van der Waals surface area contributed by atoms with Crippen LogP contribution in [0.4, 0.5) is 5.13 Å². The van der Waals surface area contributed by atoms with E-state index >= 15 is 0 Å². The summed E-state index contributed by atoms with van der Waals surface area (Å²) in [6, 6.07) is 0. The van der Waals surface area contributed by atoms with Crippen LogP contribution in [-0.2, 0) is 9.59 Å². The second kappa shape index (κ2) is 4.03. The lowest BCUT2D eigenvalue weighted by atomic mass is 10.1. The summed E-state index contributed by atoms with van der Waals surface area (Å²) >= 11 is 7.05. The number of rotatable bonds is 2. The van der Waals surface area contributed by atoms with Crippen molar-refractivity contribution in [2.24, 2.45) is 5.92 Å². The molecule has 5 nitrogen and oxygen atoms in total. The molecule has 1 aliphatic heterocycles. The quantitative estimate of drug-likeness (QED) is 0.876. The summed E-state index contributed by atoms with van der Waals surface area (Å²) in [6.45, 7) is 1.93. The highest BCUT2D eigenvalue weighted by Gasteiger charge is 2.36. The SMILES string of the molecule is Cc1nc(N2CC(C(=O)O)CC2=O)sc1Cl. The van der Waals surface area contributed by atoms with Gasteiger partial charge in [0.25, 0.3) is 0 Å². The maximum Gasteiger partial charge on any atom is 0.308 e. The van der Waals surface area contributed by atoms with Crippen LogP contribution in [0.5, 0.6) is 0 Å². The molecule has 1 saturated heterocycles. The van der Waals surface area contributed by atoms with E-state index in [9.17, 15) is 9.59 Å². The van der Waals surface area contributed by atoms with Gasteiger partial charge in [-0.05, 0) is 6.92 Å². The first kappa shape index (κ1) is 11.3. The zero-order valence-electron chi connectivity index (χ0n) is 8.44. The summed E-state index contributed by atoms with van der Waals surface area (Å²) in [5, 5.41) is 9.32. The van der Waals surface area contributed by atoms with Crippen molar-refractivity contribution in [1.82, 2.24) is 4.98 Å². The van der Waals surface area contributed by atoms with Gasteiger partial charge in [-0.25, -0.2) is 4.98 Å². The molecule has 2 heterocycles. The third kappa shape index (κ3) is 1.90. The average Bonchev–Trinajstić information content (AvgIpc) is 2.72. The van der Waals surface area contributed by atoms with Crippen molar-refractivity contribution in [2.45, 2.75) is 13.3 Å². The molecule has 1 unspecified atom stereocenters. The number of aliphatic carboxylic acids is 1. The molecule has 1 aromatic rings. The van der Waals surface area contributed by atoms with Crippen molar-refractivity contribution in [3.8, 4) is 0 Å². The Labute approximate surface area is 101 Å². The van der Waals surface area contributed by atoms with E-state index in [0.29, 0.717) is 15.2 Å². The van der Waals surface area contributed by atoms with Gasteiger partial charge in [-0.2, -0.15) is 0 Å². The highest BCUT2D eigenvalue weighted by atomic mass is 35.5. The summed E-state index contributed by atoms with van der Waals surface area (Å²) in [7, 11) is 0. The van der Waals surface area contributed by atoms with Gasteiger partial charge in [-0.15, -0.1) is 0 Å². The molecular formula is C9H9ClN2O3S. The fourth-order valence-corrected chi connectivity index (χ4v) is 2.61. The molecule has 0 radical (unpaired) electrons. The van der Waals surface area contributed by atoms with Crippen molar-refractivity contribution in [1.29, 1.82) is 0 Å². The molecule has 1 aromatic heterocycles. The van der Waals surface area contributed by atoms with Crippen LogP contribution >= 0.6 is 22.9 Å². The zero-order chi connectivity index (χ0) is 11.9. The lowest BCUT2D eigenvalue weighted by Crippen LogP contribution is -2.25. The van der Waals surface area contributed by atoms with Crippen molar-refractivity contribution in [2.75, 3.05) is 11.4 Å². The number of carboxylic acid groups (broad SMARTS) is 1. The monoisotopic (exact) mass is 260 g/mol. The predicted molar refractivity (Wildman–Crippen MR) is 60.0 cm³/mol. The Kier molecular flexibility index (Phi) is 2.86. The molecule has 1 amide bonds. The molecule has 1 fully saturated rings. The lowest BCUT2D eigenvalue weighted by molar-refractivity contribution is -0.141. The number of carboxylic acids is 1. The molecule has 0 bridgehead atoms. The maximum atomic E-state index is 11.6. The molecule has 0 aliphatic carbocycles. The Morgan fingerprint density at radius 3 is 2.81 bits per heavy atom. The molecule has 7 heteroatoms. The standard InChI is InChI=1S/C9H9ClN2O3S/c1-4-7(10)16-9(11-4)12-3-5(8(14)15)2-6(12)13/h5H,2-3H2,1H3,(H,14,15). The Balaban J connectivity index is 2.23. The molecule has 86 valence electrons. The second-order valence-corrected chi connectivity index (χ2v) is 5.18. The third-order valence-corrected chi connectivity index (χ3v) is 3.91. The number of aromatic nitrogens is 1. The van der Waals surface area contributed by atoms with Gasteiger partial charge >= 0.3 is 5.97 Å². The summed E-state index contributed by atoms with van der Waals surface area (Å²) in [5.41, 5.74) is 0.660. The van der Waals surface area contributed by atoms with Crippen LogP contribution in [0, 0.1) is 12.8 Å². The average molecular weight is 261 g/mol. The molecule has 1 atom stereocenters. The number of aryl methyl sites for hydroxylation is 1. The third-order valence-electron chi connectivity index (χ3n) is 2.43. The van der Waals surface area contributed by atoms with Gasteiger partial charge in [0.05, 0.1) is 11.6 Å². The number of halogens is 1. The normalized spacial score (nSPS) is 20.5. The fourth-order valence-electron chi connectivity index (χ4n) is 1.54. The van der Waals surface area contributed by atoms with Gasteiger partial charge < -0.3 is 5.11 Å². The van der Waals surface area contributed by atoms with Crippen molar-refractivity contribution in [3.05, 3.63) is 10.0 Å². The Morgan fingerprint density at radius 1 is 1.69 bits per heavy atom. The summed E-state index contributed by atoms with van der Waals surface area (Å²) in [5.74, 6) is -1.80. The van der Waals surface area contributed by atoms with E-state index in [4.69, 9.17) is 16.7 Å². The number of anilines is 1. The number of carbonyl (C=O) groups excluding carboxylic acids is 1. The van der Waals surface area contributed by atoms with Crippen LogP contribution in [0.1, 0.15) is 12.1 Å². The van der Waals surface area contributed by atoms with E-state index in [-0.39, 0.29) is 18.9 Å². The maximum absolute atomic E-state index is 11.6. The van der Waals surface area contributed by atoms with Gasteiger partial charge in [0.2, 0.25) is 5.91 Å². The number of hydrogen-bond acceptors (Lipinski definition) is 4. The lowest BCUT2D eigenvalue weighted by Gasteiger charge is -2.11. The Bertz CT molecular complexity index is 440. The van der Waals surface area contributed by atoms with Gasteiger partial charge in [0.1, 0.15) is 4.34 Å². The molecule has 2 rings (SSSR count). The molecule has 16 heavy (non-hydrogen) atoms. The molecule has 1 N–H and O–H groups in total. The molecule has 0 saturated carbocycles. The number of thiazole rings is 1. The van der Waals surface area contributed by atoms with E-state index in [1.54, 1.807) is 6.92 Å². The predicted octanol–water partition coefficient (Wildman–Crippen LogP) is 1.54. The van der Waals surface area contributed by atoms with E-state index in [1.807, 2.05) is 0 Å². The minimum Gasteiger partial charge on any atom is -0.481 e. The van der Waals surface area contributed by atoms with Crippen molar-refractivity contribution < 1.29 is 14.7 Å². The molecule has 0 aromatic carbocycles. The van der Waals surface area contributed by atoms with Gasteiger partial charge in [0, 0.05) is 13.0 Å². The van der Waals surface area contributed by atoms with Crippen LogP contribution in [0.15, 0.2) is 0 Å². The van der Waals surface area contributed by atoms with E-state index < -0.39 is 11.9 Å². The first-order valence-electron chi connectivity index (χ1n) is 4.65. The highest BCUT2D eigenvalue weighted by Crippen LogP contribution is 2.33. The van der Waals surface area contributed by atoms with E-state index in [1.165, 1.54) is 16.2 Å². The number of hydrogen-bond donors (Lipinski definition) is 1. The topological polar surface area (TPSA) is 70.5 Å². The highest BCUT2D eigenvalue weighted by molar-refractivity contribution is 7.19. The van der Waals surface area contributed by atoms with Gasteiger partial charge in [-0.1, -0.05) is 22.9 Å². The number of amides is 1. The number of nitrogens with zero attached hydrogens (tertiary/aromatic N) is 2. The van der Waals surface area contributed by atoms with Crippen molar-refractivity contribution >= 4 is 39.9 Å². The zero-order valence-corrected chi connectivity index (χ0v) is 10.0. The summed E-state index contributed by atoms with van der Waals surface area (Å²) in [6.07, 6.45) is 0.0333. The summed E-state index contributed by atoms with van der Waals surface area (Å²) in [4.78, 5) is 27.9. The van der Waals surface area contributed by atoms with Crippen molar-refractivity contribution in [3.63, 3.8) is 0 Å². The summed E-state index contributed by atoms with van der Waals surface area (Å²) < 4.78 is 0.529. The fraction of sp³-hybridized carbons (Fsp3) is 0.444. The van der Waals surface area contributed by atoms with Crippen LogP contribution < -0.4 is 4.90 Å². The molecule has 1 aliphatic rings. The van der Waals surface area contributed by atoms with E-state index in [2.05, 4.69) is 4.98 Å². The largest absolute Gasteiger partial charge is 0.481 e. The minimum atomic E-state index is -0.949. The Hall–Kier alpha value is -1.14. The van der Waals surface area contributed by atoms with E-state index in [0.717, 1.165) is 0 Å². The van der Waals surface area contributed by atoms with Crippen LogP contribution in [0.25, 0.3) is 0 Å². The Morgan fingerprint density at radius 2 is 2.38 bits per heavy atom. The second-order valence-electron chi connectivity index (χ2n) is 3.60. The number of carbonyl (C=O) groups is 2. The van der Waals surface area contributed by atoms with Gasteiger partial charge in [0.15, 0.2) is 5.13 Å². The smallest absolute Gasteiger partial charge is 0.308 e. The molecular weight excluding hydrogens is 252 g/mol. The van der Waals surface area contributed by atoms with Crippen LogP contribution in [-0.4, -0.2) is 28.5 Å². The van der Waals surface area contributed by atoms with Crippen LogP contribution in [0.2, 0.25) is 4.34 Å². The van der Waals surface area contributed by atoms with Gasteiger partial charge in [-0.3, -0.25) is 14.5 Å². The minimum absolute atomic E-state index is 0.0333. The first-order valence-corrected chi connectivity index (χ1v) is 5.84. The molecule has 0 spiro atoms. The van der Waals surface area contributed by atoms with Crippen LogP contribution in [0.3, 0.4) is 0 Å². The first-order chi connectivity index (χ1) is 7.49.